The summed E-state index contributed by atoms with van der Waals surface area (Å²) in [5.74, 6) is 0. The molecule has 1 unspecified atom stereocenters. The molecule has 3 nitrogen and oxygen atoms in total. The second-order valence-corrected chi connectivity index (χ2v) is 3.61. The molecular formula is C8H18N2O. The summed E-state index contributed by atoms with van der Waals surface area (Å²) >= 11 is 0. The van der Waals surface area contributed by atoms with E-state index in [-0.39, 0.29) is 12.1 Å². The topological polar surface area (TPSA) is 49.5 Å². The van der Waals surface area contributed by atoms with Gasteiger partial charge in [0.25, 0.3) is 0 Å². The molecule has 66 valence electrons. The molecule has 1 aliphatic heterocycles. The fourth-order valence-electron chi connectivity index (χ4n) is 1.44. The highest BCUT2D eigenvalue weighted by atomic mass is 16.3. The summed E-state index contributed by atoms with van der Waals surface area (Å²) in [4.78, 5) is 2.26. The Morgan fingerprint density at radius 1 is 1.55 bits per heavy atom. The Hall–Kier alpha value is -0.120. The van der Waals surface area contributed by atoms with Gasteiger partial charge in [0.1, 0.15) is 0 Å². The van der Waals surface area contributed by atoms with Crippen molar-refractivity contribution in [3.8, 4) is 0 Å². The summed E-state index contributed by atoms with van der Waals surface area (Å²) in [6.07, 6.45) is 0.588. The molecule has 1 heterocycles. The summed E-state index contributed by atoms with van der Waals surface area (Å²) in [6, 6.07) is 0.516. The lowest BCUT2D eigenvalue weighted by atomic mass is 10.0. The van der Waals surface area contributed by atoms with Crippen molar-refractivity contribution in [2.75, 3.05) is 13.1 Å². The third kappa shape index (κ3) is 2.15. The van der Waals surface area contributed by atoms with E-state index in [0.717, 1.165) is 19.5 Å². The molecule has 1 saturated heterocycles. The van der Waals surface area contributed by atoms with Crippen LogP contribution in [0.5, 0.6) is 0 Å². The van der Waals surface area contributed by atoms with E-state index in [1.165, 1.54) is 0 Å². The maximum atomic E-state index is 9.43. The van der Waals surface area contributed by atoms with E-state index >= 15 is 0 Å². The monoisotopic (exact) mass is 158 g/mol. The Kier molecular flexibility index (Phi) is 2.87. The fourth-order valence-corrected chi connectivity index (χ4v) is 1.44. The molecule has 0 aliphatic carbocycles. The number of β-amino-alcohol motifs (C(OH)–C–C–N with tert-alkyl or cyclic N) is 1. The minimum atomic E-state index is -0.328. The van der Waals surface area contributed by atoms with Gasteiger partial charge in [-0.2, -0.15) is 0 Å². The van der Waals surface area contributed by atoms with Gasteiger partial charge in [-0.25, -0.2) is 0 Å². The Balaban J connectivity index is 2.40. The lowest BCUT2D eigenvalue weighted by Gasteiger charge is -2.36. The van der Waals surface area contributed by atoms with Gasteiger partial charge in [-0.1, -0.05) is 0 Å². The third-order valence-corrected chi connectivity index (χ3v) is 2.40. The van der Waals surface area contributed by atoms with Crippen molar-refractivity contribution in [1.29, 1.82) is 0 Å². The number of hydrogen-bond acceptors (Lipinski definition) is 3. The van der Waals surface area contributed by atoms with Crippen molar-refractivity contribution < 1.29 is 5.11 Å². The SMILES string of the molecule is CC(C)N1CCC(N)[C@H](O)C1. The van der Waals surface area contributed by atoms with Crippen molar-refractivity contribution in [3.05, 3.63) is 0 Å². The highest BCUT2D eigenvalue weighted by molar-refractivity contribution is 4.83. The number of aliphatic hydroxyl groups is 1. The zero-order valence-corrected chi connectivity index (χ0v) is 7.33. The molecule has 2 atom stereocenters. The predicted molar refractivity (Wildman–Crippen MR) is 45.3 cm³/mol. The number of nitrogens with zero attached hydrogens (tertiary/aromatic N) is 1. The van der Waals surface area contributed by atoms with E-state index in [1.807, 2.05) is 0 Å². The number of piperidine rings is 1. The Morgan fingerprint density at radius 3 is 2.64 bits per heavy atom. The van der Waals surface area contributed by atoms with Gasteiger partial charge in [0.15, 0.2) is 0 Å². The van der Waals surface area contributed by atoms with E-state index in [9.17, 15) is 5.11 Å². The molecule has 11 heavy (non-hydrogen) atoms. The normalized spacial score (nSPS) is 34.6. The van der Waals surface area contributed by atoms with Crippen molar-refractivity contribution in [2.24, 2.45) is 5.73 Å². The summed E-state index contributed by atoms with van der Waals surface area (Å²) in [5.41, 5.74) is 5.66. The van der Waals surface area contributed by atoms with Gasteiger partial charge in [-0.15, -0.1) is 0 Å². The molecule has 0 saturated carbocycles. The third-order valence-electron chi connectivity index (χ3n) is 2.40. The van der Waals surface area contributed by atoms with Gasteiger partial charge in [0.2, 0.25) is 0 Å². The minimum absolute atomic E-state index is 0.00926. The highest BCUT2D eigenvalue weighted by Gasteiger charge is 2.25. The molecular weight excluding hydrogens is 140 g/mol. The van der Waals surface area contributed by atoms with E-state index in [0.29, 0.717) is 6.04 Å². The molecule has 1 rings (SSSR count). The number of likely N-dealkylation sites (tertiary alicyclic amines) is 1. The Morgan fingerprint density at radius 2 is 2.18 bits per heavy atom. The van der Waals surface area contributed by atoms with E-state index < -0.39 is 0 Å². The van der Waals surface area contributed by atoms with Crippen LogP contribution in [0.2, 0.25) is 0 Å². The average molecular weight is 158 g/mol. The molecule has 1 aliphatic rings. The van der Waals surface area contributed by atoms with Crippen molar-refractivity contribution in [1.82, 2.24) is 4.90 Å². The molecule has 3 N–H and O–H groups in total. The van der Waals surface area contributed by atoms with Crippen LogP contribution in [0.3, 0.4) is 0 Å². The molecule has 0 aromatic rings. The van der Waals surface area contributed by atoms with Gasteiger partial charge in [0.05, 0.1) is 6.10 Å². The second-order valence-electron chi connectivity index (χ2n) is 3.61. The lowest BCUT2D eigenvalue weighted by Crippen LogP contribution is -2.52. The summed E-state index contributed by atoms with van der Waals surface area (Å²) < 4.78 is 0. The van der Waals surface area contributed by atoms with Crippen LogP contribution in [0.4, 0.5) is 0 Å². The molecule has 0 radical (unpaired) electrons. The van der Waals surface area contributed by atoms with Crippen LogP contribution in [-0.2, 0) is 0 Å². The van der Waals surface area contributed by atoms with Gasteiger partial charge in [-0.05, 0) is 20.3 Å². The first-order valence-corrected chi connectivity index (χ1v) is 4.29. The Bertz CT molecular complexity index is 127. The number of rotatable bonds is 1. The summed E-state index contributed by atoms with van der Waals surface area (Å²) in [7, 11) is 0. The quantitative estimate of drug-likeness (QED) is 0.555. The number of aliphatic hydroxyl groups excluding tert-OH is 1. The first-order valence-electron chi connectivity index (χ1n) is 4.29. The summed E-state index contributed by atoms with van der Waals surface area (Å²) in [5, 5.41) is 9.43. The zero-order valence-electron chi connectivity index (χ0n) is 7.33. The first kappa shape index (κ1) is 8.97. The highest BCUT2D eigenvalue weighted by Crippen LogP contribution is 2.11. The molecule has 0 aromatic heterocycles. The van der Waals surface area contributed by atoms with Crippen LogP contribution in [0.15, 0.2) is 0 Å². The van der Waals surface area contributed by atoms with Gasteiger partial charge in [-0.3, -0.25) is 4.90 Å². The number of hydrogen-bond donors (Lipinski definition) is 2. The predicted octanol–water partition coefficient (Wildman–Crippen LogP) is -0.211. The molecule has 0 aromatic carbocycles. The standard InChI is InChI=1S/C8H18N2O/c1-6(2)10-4-3-7(9)8(11)5-10/h6-8,11H,3-5,9H2,1-2H3/t7?,8-/m1/s1. The minimum Gasteiger partial charge on any atom is -0.390 e. The van der Waals surface area contributed by atoms with Crippen molar-refractivity contribution in [2.45, 2.75) is 38.5 Å². The van der Waals surface area contributed by atoms with E-state index in [4.69, 9.17) is 5.73 Å². The van der Waals surface area contributed by atoms with E-state index in [2.05, 4.69) is 18.7 Å². The second kappa shape index (κ2) is 3.52. The largest absolute Gasteiger partial charge is 0.390 e. The van der Waals surface area contributed by atoms with Gasteiger partial charge >= 0.3 is 0 Å². The van der Waals surface area contributed by atoms with Crippen molar-refractivity contribution >= 4 is 0 Å². The van der Waals surface area contributed by atoms with Gasteiger partial charge < -0.3 is 10.8 Å². The van der Waals surface area contributed by atoms with Crippen LogP contribution in [0, 0.1) is 0 Å². The summed E-state index contributed by atoms with van der Waals surface area (Å²) in [6.45, 7) is 6.04. The Labute approximate surface area is 68.2 Å². The van der Waals surface area contributed by atoms with Crippen LogP contribution >= 0.6 is 0 Å². The number of nitrogens with two attached hydrogens (primary N) is 1. The zero-order chi connectivity index (χ0) is 8.43. The fraction of sp³-hybridized carbons (Fsp3) is 1.00. The van der Waals surface area contributed by atoms with Crippen molar-refractivity contribution in [3.63, 3.8) is 0 Å². The molecule has 0 amide bonds. The molecule has 0 bridgehead atoms. The van der Waals surface area contributed by atoms with Crippen LogP contribution < -0.4 is 5.73 Å². The molecule has 1 fully saturated rings. The van der Waals surface area contributed by atoms with Gasteiger partial charge in [0, 0.05) is 25.2 Å². The van der Waals surface area contributed by atoms with Crippen LogP contribution in [0.25, 0.3) is 0 Å². The molecule has 0 spiro atoms. The first-order chi connectivity index (χ1) is 5.11. The van der Waals surface area contributed by atoms with E-state index in [1.54, 1.807) is 0 Å². The lowest BCUT2D eigenvalue weighted by molar-refractivity contribution is 0.0391. The maximum absolute atomic E-state index is 9.43. The average Bonchev–Trinajstić information content (AvgIpc) is 1.94. The van der Waals surface area contributed by atoms with Crippen LogP contribution in [-0.4, -0.2) is 41.3 Å². The molecule has 3 heteroatoms. The van der Waals surface area contributed by atoms with Crippen LogP contribution in [0.1, 0.15) is 20.3 Å². The smallest absolute Gasteiger partial charge is 0.0818 e. The maximum Gasteiger partial charge on any atom is 0.0818 e.